The molecule has 1 aromatic heterocycles. The number of alkyl halides is 1. The minimum absolute atomic E-state index is 0.0263. The van der Waals surface area contributed by atoms with E-state index in [1.165, 1.54) is 18.3 Å². The number of halogens is 1. The Balaban J connectivity index is 2.16. The fourth-order valence-corrected chi connectivity index (χ4v) is 1.43. The number of nitrogens with one attached hydrogen (secondary N) is 1. The predicted molar refractivity (Wildman–Crippen MR) is 62.1 cm³/mol. The molecule has 0 fully saturated rings. The first-order valence-electron chi connectivity index (χ1n) is 5.22. The van der Waals surface area contributed by atoms with Crippen LogP contribution in [0.2, 0.25) is 0 Å². The predicted octanol–water partition coefficient (Wildman–Crippen LogP) is 2.41. The van der Waals surface area contributed by atoms with Crippen molar-refractivity contribution in [2.45, 2.75) is 13.6 Å². The fourth-order valence-electron chi connectivity index (χ4n) is 1.43. The molecule has 0 bridgehead atoms. The smallest absolute Gasteiger partial charge is 0.301 e. The molecule has 2 rings (SSSR count). The Kier molecular flexibility index (Phi) is 3.27. The van der Waals surface area contributed by atoms with Gasteiger partial charge in [-0.3, -0.25) is 10.1 Å². The maximum absolute atomic E-state index is 12.2. The van der Waals surface area contributed by atoms with E-state index in [4.69, 9.17) is 4.42 Å². The van der Waals surface area contributed by atoms with Crippen molar-refractivity contribution >= 4 is 11.9 Å². The van der Waals surface area contributed by atoms with Gasteiger partial charge in [-0.05, 0) is 24.6 Å². The lowest BCUT2D eigenvalue weighted by molar-refractivity contribution is 0.102. The van der Waals surface area contributed by atoms with E-state index in [9.17, 15) is 14.3 Å². The van der Waals surface area contributed by atoms with Crippen LogP contribution in [-0.4, -0.2) is 16.0 Å². The number of carbonyl (C=O) groups is 1. The van der Waals surface area contributed by atoms with E-state index in [1.807, 2.05) is 0 Å². The molecule has 0 aliphatic rings. The standard InChI is InChI=1S/C12H11FN2O3/c1-7-2-3-9(10(16)4-7)11(17)15-12-14-6-8(5-13)18-12/h2-4,6,16H,5H2,1H3,(H,14,15,17). The van der Waals surface area contributed by atoms with Crippen LogP contribution in [0.25, 0.3) is 0 Å². The molecule has 0 atom stereocenters. The van der Waals surface area contributed by atoms with Gasteiger partial charge in [-0.25, -0.2) is 9.37 Å². The Morgan fingerprint density at radius 1 is 1.56 bits per heavy atom. The van der Waals surface area contributed by atoms with Crippen LogP contribution in [0.15, 0.2) is 28.8 Å². The third kappa shape index (κ3) is 2.48. The van der Waals surface area contributed by atoms with Crippen molar-refractivity contribution in [3.05, 3.63) is 41.3 Å². The zero-order valence-corrected chi connectivity index (χ0v) is 9.61. The Morgan fingerprint density at radius 3 is 2.94 bits per heavy atom. The molecule has 0 aliphatic carbocycles. The molecule has 0 radical (unpaired) electrons. The van der Waals surface area contributed by atoms with Crippen LogP contribution in [0.3, 0.4) is 0 Å². The number of anilines is 1. The molecule has 5 nitrogen and oxygen atoms in total. The van der Waals surface area contributed by atoms with Gasteiger partial charge in [0.25, 0.3) is 5.91 Å². The summed E-state index contributed by atoms with van der Waals surface area (Å²) in [7, 11) is 0. The maximum Gasteiger partial charge on any atom is 0.301 e. The monoisotopic (exact) mass is 250 g/mol. The SMILES string of the molecule is Cc1ccc(C(=O)Nc2ncc(CF)o2)c(O)c1. The normalized spacial score (nSPS) is 10.3. The summed E-state index contributed by atoms with van der Waals surface area (Å²) in [6.07, 6.45) is 1.19. The number of oxazole rings is 1. The maximum atomic E-state index is 12.2. The largest absolute Gasteiger partial charge is 0.507 e. The average Bonchev–Trinajstić information content (AvgIpc) is 2.76. The number of nitrogens with zero attached hydrogens (tertiary/aromatic N) is 1. The summed E-state index contributed by atoms with van der Waals surface area (Å²) in [6, 6.07) is 4.54. The van der Waals surface area contributed by atoms with Gasteiger partial charge in [0.2, 0.25) is 0 Å². The van der Waals surface area contributed by atoms with Crippen molar-refractivity contribution in [1.82, 2.24) is 4.98 Å². The molecule has 2 aromatic rings. The van der Waals surface area contributed by atoms with Gasteiger partial charge in [-0.15, -0.1) is 0 Å². The summed E-state index contributed by atoms with van der Waals surface area (Å²) in [5, 5.41) is 11.9. The first-order chi connectivity index (χ1) is 8.60. The first kappa shape index (κ1) is 12.1. The van der Waals surface area contributed by atoms with Crippen LogP contribution >= 0.6 is 0 Å². The molecular formula is C12H11FN2O3. The van der Waals surface area contributed by atoms with Gasteiger partial charge in [-0.1, -0.05) is 6.07 Å². The molecule has 94 valence electrons. The number of hydrogen-bond acceptors (Lipinski definition) is 4. The number of hydrogen-bond donors (Lipinski definition) is 2. The molecular weight excluding hydrogens is 239 g/mol. The molecule has 6 heteroatoms. The summed E-state index contributed by atoms with van der Waals surface area (Å²) in [5.41, 5.74) is 0.931. The van der Waals surface area contributed by atoms with Crippen LogP contribution < -0.4 is 5.32 Å². The Hall–Kier alpha value is -2.37. The molecule has 1 amide bonds. The number of amides is 1. The third-order valence-corrected chi connectivity index (χ3v) is 2.30. The van der Waals surface area contributed by atoms with Gasteiger partial charge in [-0.2, -0.15) is 0 Å². The Bertz CT molecular complexity index is 580. The molecule has 0 aliphatic heterocycles. The van der Waals surface area contributed by atoms with Gasteiger partial charge >= 0.3 is 6.01 Å². The van der Waals surface area contributed by atoms with Crippen molar-refractivity contribution in [3.8, 4) is 5.75 Å². The van der Waals surface area contributed by atoms with Gasteiger partial charge in [0.1, 0.15) is 12.4 Å². The fraction of sp³-hybridized carbons (Fsp3) is 0.167. The van der Waals surface area contributed by atoms with Crippen LogP contribution in [0.5, 0.6) is 5.75 Å². The number of phenolic OH excluding ortho intramolecular Hbond substituents is 1. The lowest BCUT2D eigenvalue weighted by Gasteiger charge is -2.04. The summed E-state index contributed by atoms with van der Waals surface area (Å²) in [5.74, 6) is -0.678. The summed E-state index contributed by atoms with van der Waals surface area (Å²) in [6.45, 7) is 1.00. The molecule has 0 spiro atoms. The van der Waals surface area contributed by atoms with E-state index in [-0.39, 0.29) is 23.1 Å². The lowest BCUT2D eigenvalue weighted by atomic mass is 10.1. The quantitative estimate of drug-likeness (QED) is 0.877. The van der Waals surface area contributed by atoms with Crippen LogP contribution in [0, 0.1) is 6.92 Å². The van der Waals surface area contributed by atoms with Crippen molar-refractivity contribution in [3.63, 3.8) is 0 Å². The number of aromatic nitrogens is 1. The van der Waals surface area contributed by atoms with Crippen molar-refractivity contribution in [2.24, 2.45) is 0 Å². The first-order valence-corrected chi connectivity index (χ1v) is 5.22. The second kappa shape index (κ2) is 4.87. The van der Waals surface area contributed by atoms with E-state index in [0.717, 1.165) is 5.56 Å². The Labute approximate surface area is 102 Å². The van der Waals surface area contributed by atoms with Crippen LogP contribution in [-0.2, 0) is 6.67 Å². The molecule has 1 aromatic carbocycles. The summed E-state index contributed by atoms with van der Waals surface area (Å²) in [4.78, 5) is 15.5. The van der Waals surface area contributed by atoms with Gasteiger partial charge in [0.05, 0.1) is 11.8 Å². The van der Waals surface area contributed by atoms with Gasteiger partial charge in [0.15, 0.2) is 5.76 Å². The molecule has 0 saturated heterocycles. The van der Waals surface area contributed by atoms with Crippen molar-refractivity contribution in [2.75, 3.05) is 5.32 Å². The third-order valence-electron chi connectivity index (χ3n) is 2.30. The molecule has 2 N–H and O–H groups in total. The van der Waals surface area contributed by atoms with E-state index in [2.05, 4.69) is 10.3 Å². The summed E-state index contributed by atoms with van der Waals surface area (Å²) >= 11 is 0. The van der Waals surface area contributed by atoms with Crippen molar-refractivity contribution in [1.29, 1.82) is 0 Å². The topological polar surface area (TPSA) is 75.4 Å². The zero-order valence-electron chi connectivity index (χ0n) is 9.61. The van der Waals surface area contributed by atoms with E-state index >= 15 is 0 Å². The number of phenols is 1. The van der Waals surface area contributed by atoms with Gasteiger partial charge in [0, 0.05) is 0 Å². The number of rotatable bonds is 3. The number of benzene rings is 1. The van der Waals surface area contributed by atoms with Crippen LogP contribution in [0.1, 0.15) is 21.7 Å². The van der Waals surface area contributed by atoms with Crippen LogP contribution in [0.4, 0.5) is 10.4 Å². The highest BCUT2D eigenvalue weighted by Gasteiger charge is 2.14. The molecule has 1 heterocycles. The van der Waals surface area contributed by atoms with Gasteiger partial charge < -0.3 is 9.52 Å². The number of carbonyl (C=O) groups excluding carboxylic acids is 1. The van der Waals surface area contributed by atoms with Crippen molar-refractivity contribution < 1.29 is 18.7 Å². The molecule has 0 saturated carbocycles. The minimum Gasteiger partial charge on any atom is -0.507 e. The molecule has 0 unspecified atom stereocenters. The second-order valence-electron chi connectivity index (χ2n) is 3.74. The highest BCUT2D eigenvalue weighted by Crippen LogP contribution is 2.20. The van der Waals surface area contributed by atoms with E-state index in [0.29, 0.717) is 0 Å². The average molecular weight is 250 g/mol. The Morgan fingerprint density at radius 2 is 2.33 bits per heavy atom. The molecule has 18 heavy (non-hydrogen) atoms. The highest BCUT2D eigenvalue weighted by atomic mass is 19.1. The lowest BCUT2D eigenvalue weighted by Crippen LogP contribution is -2.12. The number of aromatic hydroxyl groups is 1. The van der Waals surface area contributed by atoms with E-state index in [1.54, 1.807) is 13.0 Å². The van der Waals surface area contributed by atoms with E-state index < -0.39 is 12.6 Å². The highest BCUT2D eigenvalue weighted by molar-refractivity contribution is 6.05. The second-order valence-corrected chi connectivity index (χ2v) is 3.74. The number of aryl methyl sites for hydroxylation is 1. The summed E-state index contributed by atoms with van der Waals surface area (Å²) < 4.78 is 17.1. The zero-order chi connectivity index (χ0) is 13.1. The minimum atomic E-state index is -0.793.